The Balaban J connectivity index is 2.28. The van der Waals surface area contributed by atoms with Crippen molar-refractivity contribution in [2.45, 2.75) is 31.5 Å². The third-order valence-electron chi connectivity index (χ3n) is 2.45. The van der Waals surface area contributed by atoms with Gasteiger partial charge in [0.2, 0.25) is 0 Å². The summed E-state index contributed by atoms with van der Waals surface area (Å²) in [7, 11) is 0. The minimum absolute atomic E-state index is 0.103. The van der Waals surface area contributed by atoms with Crippen molar-refractivity contribution in [2.75, 3.05) is 19.6 Å². The predicted octanol–water partition coefficient (Wildman–Crippen LogP) is 1.36. The highest BCUT2D eigenvalue weighted by Gasteiger charge is 2.30. The van der Waals surface area contributed by atoms with Crippen LogP contribution in [0.3, 0.4) is 0 Å². The highest BCUT2D eigenvalue weighted by Crippen LogP contribution is 2.23. The Morgan fingerprint density at radius 3 is 2.62 bits per heavy atom. The molecule has 0 saturated carbocycles. The lowest BCUT2D eigenvalue weighted by atomic mass is 10.2. The number of nitrogens with zero attached hydrogens (tertiary/aromatic N) is 1. The SMILES string of the molecule is NCC1CCCN1CCC(F)(F)F. The maximum atomic E-state index is 11.9. The van der Waals surface area contributed by atoms with Gasteiger partial charge in [0.1, 0.15) is 0 Å². The highest BCUT2D eigenvalue weighted by atomic mass is 19.4. The van der Waals surface area contributed by atoms with Crippen molar-refractivity contribution < 1.29 is 13.2 Å². The first kappa shape index (κ1) is 10.8. The first-order valence-electron chi connectivity index (χ1n) is 4.54. The van der Waals surface area contributed by atoms with Crippen LogP contribution in [0.2, 0.25) is 0 Å². The highest BCUT2D eigenvalue weighted by molar-refractivity contribution is 4.79. The zero-order valence-electron chi connectivity index (χ0n) is 7.48. The molecule has 0 amide bonds. The van der Waals surface area contributed by atoms with Gasteiger partial charge in [-0.25, -0.2) is 0 Å². The fraction of sp³-hybridized carbons (Fsp3) is 1.00. The van der Waals surface area contributed by atoms with Crippen LogP contribution < -0.4 is 5.73 Å². The second-order valence-electron chi connectivity index (χ2n) is 3.43. The number of nitrogens with two attached hydrogens (primary N) is 1. The van der Waals surface area contributed by atoms with Gasteiger partial charge in [-0.3, -0.25) is 4.90 Å². The maximum absolute atomic E-state index is 11.9. The van der Waals surface area contributed by atoms with E-state index in [2.05, 4.69) is 0 Å². The molecule has 0 aromatic rings. The molecule has 0 radical (unpaired) electrons. The molecule has 0 aromatic carbocycles. The molecular weight excluding hydrogens is 181 g/mol. The Morgan fingerprint density at radius 2 is 2.08 bits per heavy atom. The third kappa shape index (κ3) is 3.52. The van der Waals surface area contributed by atoms with Gasteiger partial charge in [-0.2, -0.15) is 13.2 Å². The molecule has 2 nitrogen and oxygen atoms in total. The molecule has 0 spiro atoms. The lowest BCUT2D eigenvalue weighted by molar-refractivity contribution is -0.138. The van der Waals surface area contributed by atoms with E-state index in [9.17, 15) is 13.2 Å². The van der Waals surface area contributed by atoms with E-state index >= 15 is 0 Å². The summed E-state index contributed by atoms with van der Waals surface area (Å²) in [4.78, 5) is 1.84. The van der Waals surface area contributed by atoms with E-state index in [1.165, 1.54) is 0 Å². The topological polar surface area (TPSA) is 29.3 Å². The Bertz CT molecular complexity index is 158. The van der Waals surface area contributed by atoms with Gasteiger partial charge in [0.05, 0.1) is 6.42 Å². The van der Waals surface area contributed by atoms with Crippen LogP contribution in [0.25, 0.3) is 0 Å². The van der Waals surface area contributed by atoms with Gasteiger partial charge in [0.15, 0.2) is 0 Å². The van der Waals surface area contributed by atoms with Crippen molar-refractivity contribution in [2.24, 2.45) is 5.73 Å². The zero-order valence-corrected chi connectivity index (χ0v) is 7.48. The summed E-state index contributed by atoms with van der Waals surface area (Å²) in [6.45, 7) is 1.33. The summed E-state index contributed by atoms with van der Waals surface area (Å²) in [6, 6.07) is 0.169. The van der Waals surface area contributed by atoms with E-state index in [1.807, 2.05) is 4.90 Å². The van der Waals surface area contributed by atoms with Gasteiger partial charge in [-0.05, 0) is 19.4 Å². The van der Waals surface area contributed by atoms with E-state index in [0.29, 0.717) is 6.54 Å². The van der Waals surface area contributed by atoms with Gasteiger partial charge in [-0.15, -0.1) is 0 Å². The number of halogens is 3. The van der Waals surface area contributed by atoms with E-state index in [1.54, 1.807) is 0 Å². The van der Waals surface area contributed by atoms with Crippen molar-refractivity contribution in [3.8, 4) is 0 Å². The predicted molar refractivity (Wildman–Crippen MR) is 44.3 cm³/mol. The third-order valence-corrected chi connectivity index (χ3v) is 2.45. The Labute approximate surface area is 75.9 Å². The quantitative estimate of drug-likeness (QED) is 0.738. The van der Waals surface area contributed by atoms with Gasteiger partial charge < -0.3 is 5.73 Å². The van der Waals surface area contributed by atoms with Crippen LogP contribution in [0.4, 0.5) is 13.2 Å². The zero-order chi connectivity index (χ0) is 9.90. The molecule has 2 N–H and O–H groups in total. The molecule has 0 aromatic heterocycles. The van der Waals surface area contributed by atoms with Gasteiger partial charge in [0.25, 0.3) is 0 Å². The van der Waals surface area contributed by atoms with Crippen LogP contribution in [0.1, 0.15) is 19.3 Å². The lowest BCUT2D eigenvalue weighted by Crippen LogP contribution is -2.37. The molecule has 5 heteroatoms. The molecular formula is C8H15F3N2. The van der Waals surface area contributed by atoms with Crippen molar-refractivity contribution >= 4 is 0 Å². The van der Waals surface area contributed by atoms with Crippen LogP contribution in [0.15, 0.2) is 0 Å². The molecule has 1 unspecified atom stereocenters. The van der Waals surface area contributed by atoms with Crippen LogP contribution in [0.5, 0.6) is 0 Å². The van der Waals surface area contributed by atoms with Crippen LogP contribution >= 0.6 is 0 Å². The monoisotopic (exact) mass is 196 g/mol. The van der Waals surface area contributed by atoms with E-state index in [0.717, 1.165) is 19.4 Å². The number of hydrogen-bond acceptors (Lipinski definition) is 2. The number of rotatable bonds is 3. The van der Waals surface area contributed by atoms with E-state index < -0.39 is 12.6 Å². The van der Waals surface area contributed by atoms with Crippen LogP contribution in [-0.4, -0.2) is 36.8 Å². The van der Waals surface area contributed by atoms with Crippen LogP contribution in [0, 0.1) is 0 Å². The molecule has 1 atom stereocenters. The van der Waals surface area contributed by atoms with E-state index in [-0.39, 0.29) is 12.6 Å². The van der Waals surface area contributed by atoms with Crippen molar-refractivity contribution in [1.29, 1.82) is 0 Å². The van der Waals surface area contributed by atoms with Crippen molar-refractivity contribution in [1.82, 2.24) is 4.90 Å². The number of alkyl halides is 3. The fourth-order valence-corrected chi connectivity index (χ4v) is 1.73. The smallest absolute Gasteiger partial charge is 0.329 e. The molecule has 78 valence electrons. The minimum atomic E-state index is -4.04. The molecule has 1 rings (SSSR count). The molecule has 1 fully saturated rings. The number of hydrogen-bond donors (Lipinski definition) is 1. The van der Waals surface area contributed by atoms with Gasteiger partial charge in [0, 0.05) is 19.1 Å². The average molecular weight is 196 g/mol. The molecule has 0 bridgehead atoms. The Hall–Kier alpha value is -0.290. The van der Waals surface area contributed by atoms with Crippen molar-refractivity contribution in [3.05, 3.63) is 0 Å². The van der Waals surface area contributed by atoms with E-state index in [4.69, 9.17) is 5.73 Å². The lowest BCUT2D eigenvalue weighted by Gasteiger charge is -2.23. The summed E-state index contributed by atoms with van der Waals surface area (Å²) in [5, 5.41) is 0. The van der Waals surface area contributed by atoms with Gasteiger partial charge >= 0.3 is 6.18 Å². The summed E-state index contributed by atoms with van der Waals surface area (Å²) < 4.78 is 35.6. The first-order chi connectivity index (χ1) is 6.03. The fourth-order valence-electron chi connectivity index (χ4n) is 1.73. The molecule has 0 aliphatic carbocycles. The minimum Gasteiger partial charge on any atom is -0.329 e. The number of likely N-dealkylation sites (tertiary alicyclic amines) is 1. The molecule has 1 aliphatic rings. The first-order valence-corrected chi connectivity index (χ1v) is 4.54. The summed E-state index contributed by atoms with van der Waals surface area (Å²) in [5.74, 6) is 0. The summed E-state index contributed by atoms with van der Waals surface area (Å²) in [6.07, 6.45) is -2.85. The normalized spacial score (nSPS) is 25.4. The largest absolute Gasteiger partial charge is 0.390 e. The molecule has 13 heavy (non-hydrogen) atoms. The second kappa shape index (κ2) is 4.28. The Kier molecular flexibility index (Phi) is 3.55. The maximum Gasteiger partial charge on any atom is 0.390 e. The molecule has 1 saturated heterocycles. The molecule has 1 aliphatic heterocycles. The second-order valence-corrected chi connectivity index (χ2v) is 3.43. The standard InChI is InChI=1S/C8H15F3N2/c9-8(10,11)3-5-13-4-1-2-7(13)6-12/h7H,1-6,12H2. The summed E-state index contributed by atoms with van der Waals surface area (Å²) in [5.41, 5.74) is 5.44. The Morgan fingerprint density at radius 1 is 1.38 bits per heavy atom. The van der Waals surface area contributed by atoms with Crippen molar-refractivity contribution in [3.63, 3.8) is 0 Å². The summed E-state index contributed by atoms with van der Waals surface area (Å²) >= 11 is 0. The van der Waals surface area contributed by atoms with Crippen LogP contribution in [-0.2, 0) is 0 Å². The molecule has 1 heterocycles. The van der Waals surface area contributed by atoms with Gasteiger partial charge in [-0.1, -0.05) is 0 Å². The average Bonchev–Trinajstić information content (AvgIpc) is 2.46.